The van der Waals surface area contributed by atoms with E-state index in [9.17, 15) is 4.79 Å². The van der Waals surface area contributed by atoms with Crippen LogP contribution in [0.1, 0.15) is 13.8 Å². The predicted octanol–water partition coefficient (Wildman–Crippen LogP) is 2.06. The summed E-state index contributed by atoms with van der Waals surface area (Å²) in [7, 11) is 0. The first-order valence-electron chi connectivity index (χ1n) is 4.06. The fourth-order valence-electron chi connectivity index (χ4n) is 0.740. The number of nitrogens with zero attached hydrogens (tertiary/aromatic N) is 1. The number of hydrazone groups is 1. The Balaban J connectivity index is 2.62. The Morgan fingerprint density at radius 1 is 1.23 bits per heavy atom. The quantitative estimate of drug-likeness (QED) is 0.565. The molecule has 0 spiro atoms. The first-order chi connectivity index (χ1) is 6.20. The number of nitrogens with one attached hydrogen (secondary N) is 1. The Bertz CT molecular complexity index is 317. The molecule has 3 heteroatoms. The number of carbonyl (C=O) groups is 1. The largest absolute Gasteiger partial charge is 0.293 e. The fraction of sp³-hybridized carbons (Fsp3) is 0.200. The lowest BCUT2D eigenvalue weighted by Gasteiger charge is -1.99. The summed E-state index contributed by atoms with van der Waals surface area (Å²) >= 11 is 0. The van der Waals surface area contributed by atoms with Crippen molar-refractivity contribution in [3.05, 3.63) is 30.3 Å². The number of para-hydroxylation sites is 1. The summed E-state index contributed by atoms with van der Waals surface area (Å²) in [5, 5.41) is 3.91. The maximum atomic E-state index is 10.8. The molecule has 0 aliphatic carbocycles. The Morgan fingerprint density at radius 2 is 1.85 bits per heavy atom. The maximum absolute atomic E-state index is 10.8. The molecule has 0 radical (unpaired) electrons. The minimum absolute atomic E-state index is 0.0246. The van der Waals surface area contributed by atoms with Crippen LogP contribution in [0.15, 0.2) is 35.4 Å². The van der Waals surface area contributed by atoms with E-state index in [0.717, 1.165) is 5.69 Å². The van der Waals surface area contributed by atoms with E-state index in [1.54, 1.807) is 6.92 Å². The van der Waals surface area contributed by atoms with Gasteiger partial charge in [-0.25, -0.2) is 0 Å². The van der Waals surface area contributed by atoms with E-state index in [2.05, 4.69) is 10.5 Å². The van der Waals surface area contributed by atoms with Crippen LogP contribution in [-0.2, 0) is 4.79 Å². The summed E-state index contributed by atoms with van der Waals surface area (Å²) in [6.45, 7) is 3.17. The van der Waals surface area contributed by atoms with Gasteiger partial charge in [-0.05, 0) is 19.1 Å². The van der Waals surface area contributed by atoms with E-state index < -0.39 is 0 Å². The van der Waals surface area contributed by atoms with E-state index >= 15 is 0 Å². The molecular formula is C10H12N2O. The molecule has 0 heterocycles. The van der Waals surface area contributed by atoms with Crippen molar-refractivity contribution in [1.82, 2.24) is 0 Å². The van der Waals surface area contributed by atoms with E-state index in [-0.39, 0.29) is 5.78 Å². The number of anilines is 1. The van der Waals surface area contributed by atoms with Gasteiger partial charge in [-0.1, -0.05) is 18.2 Å². The molecule has 0 saturated carbocycles. The fourth-order valence-corrected chi connectivity index (χ4v) is 0.740. The van der Waals surface area contributed by atoms with Crippen LogP contribution in [0.4, 0.5) is 5.69 Å². The molecule has 68 valence electrons. The summed E-state index contributed by atoms with van der Waals surface area (Å²) in [6, 6.07) is 9.50. The van der Waals surface area contributed by atoms with Gasteiger partial charge in [-0.15, -0.1) is 0 Å². The third-order valence-corrected chi connectivity index (χ3v) is 1.64. The highest BCUT2D eigenvalue weighted by Crippen LogP contribution is 2.04. The lowest BCUT2D eigenvalue weighted by Crippen LogP contribution is -2.06. The number of carbonyl (C=O) groups excluding carboxylic acids is 1. The van der Waals surface area contributed by atoms with Gasteiger partial charge in [0, 0.05) is 6.92 Å². The average Bonchev–Trinajstić information content (AvgIpc) is 2.15. The zero-order valence-corrected chi connectivity index (χ0v) is 7.74. The van der Waals surface area contributed by atoms with Gasteiger partial charge >= 0.3 is 0 Å². The standard InChI is InChI=1S/C10H12N2O/c1-8(9(2)13)11-12-10-6-4-3-5-7-10/h3-7,12H,1-2H3/b11-8-. The van der Waals surface area contributed by atoms with E-state index in [1.807, 2.05) is 30.3 Å². The molecule has 0 fully saturated rings. The number of hydrogen-bond donors (Lipinski definition) is 1. The summed E-state index contributed by atoms with van der Waals surface area (Å²) in [5.74, 6) is -0.0246. The predicted molar refractivity (Wildman–Crippen MR) is 53.9 cm³/mol. The topological polar surface area (TPSA) is 41.5 Å². The first-order valence-corrected chi connectivity index (χ1v) is 4.06. The molecule has 0 bridgehead atoms. The molecule has 0 aromatic heterocycles. The summed E-state index contributed by atoms with van der Waals surface area (Å²) in [6.07, 6.45) is 0. The number of rotatable bonds is 3. The van der Waals surface area contributed by atoms with Crippen LogP contribution >= 0.6 is 0 Å². The van der Waals surface area contributed by atoms with Crippen molar-refractivity contribution in [3.8, 4) is 0 Å². The van der Waals surface area contributed by atoms with Crippen LogP contribution in [0.25, 0.3) is 0 Å². The number of Topliss-reactive ketones (excluding diaryl/α,β-unsaturated/α-hetero) is 1. The Hall–Kier alpha value is -1.64. The zero-order valence-electron chi connectivity index (χ0n) is 7.74. The van der Waals surface area contributed by atoms with Gasteiger partial charge in [-0.3, -0.25) is 10.2 Å². The highest BCUT2D eigenvalue weighted by Gasteiger charge is 1.96. The van der Waals surface area contributed by atoms with E-state index in [1.165, 1.54) is 6.92 Å². The Labute approximate surface area is 77.5 Å². The average molecular weight is 176 g/mol. The highest BCUT2D eigenvalue weighted by atomic mass is 16.1. The monoisotopic (exact) mass is 176 g/mol. The molecule has 0 saturated heterocycles. The summed E-state index contributed by atoms with van der Waals surface area (Å²) in [5.41, 5.74) is 4.15. The van der Waals surface area contributed by atoms with Crippen LogP contribution in [0.3, 0.4) is 0 Å². The molecule has 13 heavy (non-hydrogen) atoms. The van der Waals surface area contributed by atoms with Crippen molar-refractivity contribution < 1.29 is 4.79 Å². The van der Waals surface area contributed by atoms with Crippen LogP contribution in [-0.4, -0.2) is 11.5 Å². The molecule has 1 aromatic rings. The van der Waals surface area contributed by atoms with Gasteiger partial charge in [0.2, 0.25) is 0 Å². The zero-order chi connectivity index (χ0) is 9.68. The lowest BCUT2D eigenvalue weighted by atomic mass is 10.3. The van der Waals surface area contributed by atoms with Crippen molar-refractivity contribution in [2.75, 3.05) is 5.43 Å². The number of hydrogen-bond acceptors (Lipinski definition) is 3. The molecule has 1 aromatic carbocycles. The van der Waals surface area contributed by atoms with Crippen LogP contribution < -0.4 is 5.43 Å². The Kier molecular flexibility index (Phi) is 3.20. The third-order valence-electron chi connectivity index (χ3n) is 1.64. The molecule has 0 aliphatic rings. The summed E-state index contributed by atoms with van der Waals surface area (Å²) < 4.78 is 0. The summed E-state index contributed by atoms with van der Waals surface area (Å²) in [4.78, 5) is 10.8. The molecule has 0 amide bonds. The van der Waals surface area contributed by atoms with Gasteiger partial charge in [0.15, 0.2) is 5.78 Å². The number of benzene rings is 1. The lowest BCUT2D eigenvalue weighted by molar-refractivity contribution is -0.111. The normalized spacial score (nSPS) is 11.1. The van der Waals surface area contributed by atoms with Crippen molar-refractivity contribution in [2.45, 2.75) is 13.8 Å². The second-order valence-corrected chi connectivity index (χ2v) is 2.73. The first kappa shape index (κ1) is 9.45. The maximum Gasteiger partial charge on any atom is 0.175 e. The van der Waals surface area contributed by atoms with Gasteiger partial charge in [0.25, 0.3) is 0 Å². The van der Waals surface area contributed by atoms with Crippen molar-refractivity contribution in [1.29, 1.82) is 0 Å². The van der Waals surface area contributed by atoms with Gasteiger partial charge in [0.05, 0.1) is 5.69 Å². The smallest absolute Gasteiger partial charge is 0.175 e. The number of ketones is 1. The SMILES string of the molecule is CC(=O)/C(C)=N\Nc1ccccc1. The van der Waals surface area contributed by atoms with Crippen LogP contribution in [0.2, 0.25) is 0 Å². The molecule has 0 unspecified atom stereocenters. The van der Waals surface area contributed by atoms with Gasteiger partial charge < -0.3 is 0 Å². The Morgan fingerprint density at radius 3 is 2.38 bits per heavy atom. The second-order valence-electron chi connectivity index (χ2n) is 2.73. The van der Waals surface area contributed by atoms with E-state index in [4.69, 9.17) is 0 Å². The van der Waals surface area contributed by atoms with Crippen molar-refractivity contribution >= 4 is 17.2 Å². The molecule has 0 aliphatic heterocycles. The van der Waals surface area contributed by atoms with Crippen LogP contribution in [0, 0.1) is 0 Å². The van der Waals surface area contributed by atoms with E-state index in [0.29, 0.717) is 5.71 Å². The third kappa shape index (κ3) is 3.07. The highest BCUT2D eigenvalue weighted by molar-refractivity contribution is 6.38. The molecule has 1 rings (SSSR count). The minimum atomic E-state index is -0.0246. The van der Waals surface area contributed by atoms with Crippen molar-refractivity contribution in [2.24, 2.45) is 5.10 Å². The van der Waals surface area contributed by atoms with Crippen molar-refractivity contribution in [3.63, 3.8) is 0 Å². The van der Waals surface area contributed by atoms with Gasteiger partial charge in [-0.2, -0.15) is 5.10 Å². The molecule has 3 nitrogen and oxygen atoms in total. The molecule has 1 N–H and O–H groups in total. The molecule has 0 atom stereocenters. The molecular weight excluding hydrogens is 164 g/mol. The minimum Gasteiger partial charge on any atom is -0.293 e. The second kappa shape index (κ2) is 4.40. The van der Waals surface area contributed by atoms with Gasteiger partial charge in [0.1, 0.15) is 5.71 Å². The van der Waals surface area contributed by atoms with Crippen LogP contribution in [0.5, 0.6) is 0 Å².